The van der Waals surface area contributed by atoms with Crippen LogP contribution in [-0.2, 0) is 6.42 Å². The van der Waals surface area contributed by atoms with Gasteiger partial charge in [-0.05, 0) is 25.5 Å². The van der Waals surface area contributed by atoms with Gasteiger partial charge in [0.15, 0.2) is 5.69 Å². The van der Waals surface area contributed by atoms with Gasteiger partial charge in [-0.2, -0.15) is 5.10 Å². The van der Waals surface area contributed by atoms with Crippen molar-refractivity contribution in [3.05, 3.63) is 29.3 Å². The van der Waals surface area contributed by atoms with Gasteiger partial charge in [0.1, 0.15) is 5.82 Å². The monoisotopic (exact) mass is 219 g/mol. The van der Waals surface area contributed by atoms with E-state index in [-0.39, 0.29) is 5.69 Å². The molecule has 5 heteroatoms. The summed E-state index contributed by atoms with van der Waals surface area (Å²) < 4.78 is 1.59. The van der Waals surface area contributed by atoms with E-state index in [0.717, 1.165) is 18.5 Å². The Labute approximate surface area is 92.7 Å². The fraction of sp³-hybridized carbons (Fsp3) is 0.364. The predicted molar refractivity (Wildman–Crippen MR) is 58.7 cm³/mol. The maximum Gasteiger partial charge on any atom is 0.356 e. The quantitative estimate of drug-likeness (QED) is 0.852. The molecule has 0 atom stereocenters. The Kier molecular flexibility index (Phi) is 2.60. The van der Waals surface area contributed by atoms with Gasteiger partial charge in [0.2, 0.25) is 0 Å². The molecular weight excluding hydrogens is 206 g/mol. The molecule has 0 amide bonds. The first-order chi connectivity index (χ1) is 7.63. The second-order valence-electron chi connectivity index (χ2n) is 3.68. The number of carboxylic acid groups (broad SMARTS) is 1. The molecule has 1 N–H and O–H groups in total. The Bertz CT molecular complexity index is 545. The zero-order valence-corrected chi connectivity index (χ0v) is 9.27. The van der Waals surface area contributed by atoms with Crippen molar-refractivity contribution in [2.75, 3.05) is 0 Å². The van der Waals surface area contributed by atoms with Crippen molar-refractivity contribution in [3.8, 4) is 0 Å². The summed E-state index contributed by atoms with van der Waals surface area (Å²) in [5.74, 6) is -0.416. The molecule has 84 valence electrons. The Balaban J connectivity index is 2.62. The molecule has 0 radical (unpaired) electrons. The van der Waals surface area contributed by atoms with E-state index in [1.807, 2.05) is 6.07 Å². The minimum Gasteiger partial charge on any atom is -0.476 e. The molecule has 16 heavy (non-hydrogen) atoms. The van der Waals surface area contributed by atoms with Crippen LogP contribution in [0.3, 0.4) is 0 Å². The maximum absolute atomic E-state index is 10.9. The average molecular weight is 219 g/mol. The van der Waals surface area contributed by atoms with Crippen molar-refractivity contribution in [1.82, 2.24) is 14.6 Å². The van der Waals surface area contributed by atoms with Crippen molar-refractivity contribution in [1.29, 1.82) is 0 Å². The van der Waals surface area contributed by atoms with Gasteiger partial charge in [0, 0.05) is 0 Å². The summed E-state index contributed by atoms with van der Waals surface area (Å²) in [5.41, 5.74) is 1.56. The highest BCUT2D eigenvalue weighted by atomic mass is 16.4. The number of hydrogen-bond donors (Lipinski definition) is 1. The number of fused-ring (bicyclic) bond motifs is 1. The molecule has 0 bridgehead atoms. The molecule has 0 aliphatic carbocycles. The van der Waals surface area contributed by atoms with Gasteiger partial charge in [0.05, 0.1) is 11.2 Å². The Morgan fingerprint density at radius 2 is 2.25 bits per heavy atom. The van der Waals surface area contributed by atoms with Gasteiger partial charge in [-0.1, -0.05) is 13.3 Å². The normalized spacial score (nSPS) is 10.9. The lowest BCUT2D eigenvalue weighted by atomic mass is 10.2. The van der Waals surface area contributed by atoms with Crippen LogP contribution >= 0.6 is 0 Å². The third-order valence-electron chi connectivity index (χ3n) is 2.42. The molecule has 0 unspecified atom stereocenters. The molecule has 2 rings (SSSR count). The predicted octanol–water partition coefficient (Wildman–Crippen LogP) is 1.69. The lowest BCUT2D eigenvalue weighted by Crippen LogP contribution is -2.00. The van der Waals surface area contributed by atoms with Crippen molar-refractivity contribution >= 4 is 11.5 Å². The maximum atomic E-state index is 10.9. The molecule has 2 aromatic rings. The Morgan fingerprint density at radius 3 is 2.88 bits per heavy atom. The first-order valence-corrected chi connectivity index (χ1v) is 5.22. The van der Waals surface area contributed by atoms with Gasteiger partial charge < -0.3 is 5.11 Å². The third kappa shape index (κ3) is 1.64. The molecule has 2 heterocycles. The van der Waals surface area contributed by atoms with E-state index in [4.69, 9.17) is 5.11 Å². The van der Waals surface area contributed by atoms with E-state index in [2.05, 4.69) is 17.0 Å². The summed E-state index contributed by atoms with van der Waals surface area (Å²) in [7, 11) is 0. The van der Waals surface area contributed by atoms with E-state index in [0.29, 0.717) is 11.3 Å². The molecule has 0 aliphatic heterocycles. The van der Waals surface area contributed by atoms with Crippen molar-refractivity contribution in [3.63, 3.8) is 0 Å². The SMILES string of the molecule is CCCc1ccc2c(C(=O)O)nc(C)n2n1. The van der Waals surface area contributed by atoms with E-state index in [9.17, 15) is 4.79 Å². The highest BCUT2D eigenvalue weighted by Crippen LogP contribution is 2.12. The number of aryl methyl sites for hydroxylation is 2. The number of nitrogens with zero attached hydrogens (tertiary/aromatic N) is 3. The number of rotatable bonds is 3. The number of imidazole rings is 1. The molecule has 2 aromatic heterocycles. The van der Waals surface area contributed by atoms with Gasteiger partial charge in [-0.25, -0.2) is 14.3 Å². The van der Waals surface area contributed by atoms with Crippen molar-refractivity contribution < 1.29 is 9.90 Å². The average Bonchev–Trinajstić information content (AvgIpc) is 2.57. The smallest absolute Gasteiger partial charge is 0.356 e. The van der Waals surface area contributed by atoms with E-state index < -0.39 is 5.97 Å². The van der Waals surface area contributed by atoms with E-state index >= 15 is 0 Å². The van der Waals surface area contributed by atoms with Crippen LogP contribution in [0.2, 0.25) is 0 Å². The topological polar surface area (TPSA) is 67.5 Å². The van der Waals surface area contributed by atoms with Crippen LogP contribution in [0, 0.1) is 6.92 Å². The highest BCUT2D eigenvalue weighted by molar-refractivity contribution is 5.93. The number of carbonyl (C=O) groups is 1. The van der Waals surface area contributed by atoms with E-state index in [1.165, 1.54) is 0 Å². The summed E-state index contributed by atoms with van der Waals surface area (Å²) in [6.07, 6.45) is 1.90. The highest BCUT2D eigenvalue weighted by Gasteiger charge is 2.15. The number of hydrogen-bond acceptors (Lipinski definition) is 3. The molecular formula is C11H13N3O2. The lowest BCUT2D eigenvalue weighted by Gasteiger charge is -2.00. The van der Waals surface area contributed by atoms with Crippen LogP contribution in [0.5, 0.6) is 0 Å². The standard InChI is InChI=1S/C11H13N3O2/c1-3-4-8-5-6-9-10(11(15)16)12-7(2)14(9)13-8/h5-6H,3-4H2,1-2H3,(H,15,16). The fourth-order valence-electron chi connectivity index (χ4n) is 1.70. The van der Waals surface area contributed by atoms with Crippen LogP contribution < -0.4 is 0 Å². The fourth-order valence-corrected chi connectivity index (χ4v) is 1.70. The summed E-state index contributed by atoms with van der Waals surface area (Å²) in [4.78, 5) is 14.9. The number of aromatic carboxylic acids is 1. The molecule has 0 aromatic carbocycles. The van der Waals surface area contributed by atoms with Crippen molar-refractivity contribution in [2.24, 2.45) is 0 Å². The molecule has 0 saturated carbocycles. The third-order valence-corrected chi connectivity index (χ3v) is 2.42. The minimum absolute atomic E-state index is 0.0630. The van der Waals surface area contributed by atoms with Crippen LogP contribution in [0.1, 0.15) is 35.4 Å². The zero-order valence-electron chi connectivity index (χ0n) is 9.27. The molecule has 0 saturated heterocycles. The van der Waals surface area contributed by atoms with Gasteiger partial charge in [0.25, 0.3) is 0 Å². The van der Waals surface area contributed by atoms with Crippen LogP contribution in [-0.4, -0.2) is 25.7 Å². The molecule has 5 nitrogen and oxygen atoms in total. The van der Waals surface area contributed by atoms with Gasteiger partial charge in [-0.15, -0.1) is 0 Å². The second-order valence-corrected chi connectivity index (χ2v) is 3.68. The minimum atomic E-state index is -1.02. The zero-order chi connectivity index (χ0) is 11.7. The van der Waals surface area contributed by atoms with Gasteiger partial charge in [-0.3, -0.25) is 0 Å². The van der Waals surface area contributed by atoms with Gasteiger partial charge >= 0.3 is 5.97 Å². The first-order valence-electron chi connectivity index (χ1n) is 5.22. The number of carboxylic acids is 1. The second kappa shape index (κ2) is 3.92. The van der Waals surface area contributed by atoms with E-state index in [1.54, 1.807) is 17.5 Å². The van der Waals surface area contributed by atoms with Crippen molar-refractivity contribution in [2.45, 2.75) is 26.7 Å². The number of aromatic nitrogens is 3. The summed E-state index contributed by atoms with van der Waals surface area (Å²) in [6.45, 7) is 3.83. The molecule has 0 fully saturated rings. The van der Waals surface area contributed by atoms with Crippen LogP contribution in [0.15, 0.2) is 12.1 Å². The molecule has 0 aliphatic rings. The van der Waals surface area contributed by atoms with Crippen LogP contribution in [0.25, 0.3) is 5.52 Å². The summed E-state index contributed by atoms with van der Waals surface area (Å²) >= 11 is 0. The molecule has 0 spiro atoms. The lowest BCUT2D eigenvalue weighted by molar-refractivity contribution is 0.0693. The first kappa shape index (κ1) is 10.6. The van der Waals surface area contributed by atoms with Crippen LogP contribution in [0.4, 0.5) is 0 Å². The Morgan fingerprint density at radius 1 is 1.50 bits per heavy atom. The summed E-state index contributed by atoms with van der Waals surface area (Å²) in [5, 5.41) is 13.3. The summed E-state index contributed by atoms with van der Waals surface area (Å²) in [6, 6.07) is 3.62. The Hall–Kier alpha value is -1.91. The largest absolute Gasteiger partial charge is 0.476 e.